The van der Waals surface area contributed by atoms with Crippen molar-refractivity contribution in [3.8, 4) is 0 Å². The number of aliphatic hydroxyl groups excluding tert-OH is 1. The smallest absolute Gasteiger partial charge is 0.315 e. The Kier molecular flexibility index (Phi) is 6.42. The summed E-state index contributed by atoms with van der Waals surface area (Å²) in [4.78, 5) is 16.4. The van der Waals surface area contributed by atoms with Gasteiger partial charge >= 0.3 is 6.03 Å². The van der Waals surface area contributed by atoms with Gasteiger partial charge in [-0.05, 0) is 29.3 Å². The average Bonchev–Trinajstić information content (AvgIpc) is 3.20. The number of rotatable bonds is 7. The molecule has 0 spiro atoms. The molecular formula is C24H22F2N4O2. The first-order valence-corrected chi connectivity index (χ1v) is 10.1. The normalized spacial score (nSPS) is 12.0. The van der Waals surface area contributed by atoms with E-state index in [1.807, 2.05) is 54.9 Å². The molecule has 4 rings (SSSR count). The Labute approximate surface area is 183 Å². The Morgan fingerprint density at radius 3 is 2.53 bits per heavy atom. The monoisotopic (exact) mass is 436 g/mol. The molecule has 1 aromatic heterocycles. The zero-order valence-electron chi connectivity index (χ0n) is 17.1. The predicted octanol–water partition coefficient (Wildman–Crippen LogP) is 3.90. The van der Waals surface area contributed by atoms with Crippen LogP contribution in [0, 0.1) is 11.6 Å². The molecule has 0 saturated heterocycles. The van der Waals surface area contributed by atoms with Gasteiger partial charge in [-0.1, -0.05) is 42.5 Å². The SMILES string of the molecule is O=C(NCc1ccc(Cn2cnc3ccccc32)cc1)NCC(O)c1ccc(F)cc1F. The van der Waals surface area contributed by atoms with E-state index in [1.54, 1.807) is 0 Å². The number of urea groups is 1. The topological polar surface area (TPSA) is 79.2 Å². The number of benzene rings is 3. The maximum absolute atomic E-state index is 13.7. The highest BCUT2D eigenvalue weighted by molar-refractivity contribution is 5.75. The molecule has 1 unspecified atom stereocenters. The zero-order valence-corrected chi connectivity index (χ0v) is 17.1. The highest BCUT2D eigenvalue weighted by atomic mass is 19.1. The summed E-state index contributed by atoms with van der Waals surface area (Å²) in [6.07, 6.45) is 0.538. The van der Waals surface area contributed by atoms with E-state index in [-0.39, 0.29) is 12.1 Å². The summed E-state index contributed by atoms with van der Waals surface area (Å²) in [5.41, 5.74) is 3.95. The second kappa shape index (κ2) is 9.57. The van der Waals surface area contributed by atoms with E-state index >= 15 is 0 Å². The van der Waals surface area contributed by atoms with Crippen LogP contribution in [0.2, 0.25) is 0 Å². The number of amides is 2. The van der Waals surface area contributed by atoms with Gasteiger partial charge in [0.1, 0.15) is 11.6 Å². The first-order chi connectivity index (χ1) is 15.5. The molecule has 0 saturated carbocycles. The number of imidazole rings is 1. The second-order valence-electron chi connectivity index (χ2n) is 7.42. The predicted molar refractivity (Wildman–Crippen MR) is 117 cm³/mol. The van der Waals surface area contributed by atoms with Crippen molar-refractivity contribution in [3.05, 3.63) is 101 Å². The maximum atomic E-state index is 13.7. The lowest BCUT2D eigenvalue weighted by Gasteiger charge is -2.14. The van der Waals surface area contributed by atoms with Crippen LogP contribution in [0.5, 0.6) is 0 Å². The minimum atomic E-state index is -1.28. The van der Waals surface area contributed by atoms with E-state index in [9.17, 15) is 18.7 Å². The van der Waals surface area contributed by atoms with E-state index in [0.29, 0.717) is 19.2 Å². The number of nitrogens with one attached hydrogen (secondary N) is 2. The van der Waals surface area contributed by atoms with Crippen LogP contribution in [0.4, 0.5) is 13.6 Å². The lowest BCUT2D eigenvalue weighted by molar-refractivity contribution is 0.168. The fraction of sp³-hybridized carbons (Fsp3) is 0.167. The fourth-order valence-corrected chi connectivity index (χ4v) is 3.41. The highest BCUT2D eigenvalue weighted by Crippen LogP contribution is 2.17. The molecule has 0 aliphatic heterocycles. The summed E-state index contributed by atoms with van der Waals surface area (Å²) in [5, 5.41) is 15.2. The van der Waals surface area contributed by atoms with E-state index in [1.165, 1.54) is 0 Å². The molecule has 3 N–H and O–H groups in total. The Morgan fingerprint density at radius 2 is 1.75 bits per heavy atom. The molecule has 164 valence electrons. The third-order valence-corrected chi connectivity index (χ3v) is 5.13. The molecular weight excluding hydrogens is 414 g/mol. The number of hydrogen-bond donors (Lipinski definition) is 3. The number of para-hydroxylation sites is 2. The van der Waals surface area contributed by atoms with Crippen LogP contribution in [0.3, 0.4) is 0 Å². The van der Waals surface area contributed by atoms with E-state index in [2.05, 4.69) is 20.2 Å². The van der Waals surface area contributed by atoms with Gasteiger partial charge in [0.15, 0.2) is 0 Å². The lowest BCUT2D eigenvalue weighted by atomic mass is 10.1. The quantitative estimate of drug-likeness (QED) is 0.411. The van der Waals surface area contributed by atoms with Crippen LogP contribution >= 0.6 is 0 Å². The van der Waals surface area contributed by atoms with E-state index < -0.39 is 23.8 Å². The highest BCUT2D eigenvalue weighted by Gasteiger charge is 2.14. The number of nitrogens with zero attached hydrogens (tertiary/aromatic N) is 2. The summed E-state index contributed by atoms with van der Waals surface area (Å²) >= 11 is 0. The number of aromatic nitrogens is 2. The summed E-state index contributed by atoms with van der Waals surface area (Å²) in [7, 11) is 0. The first-order valence-electron chi connectivity index (χ1n) is 10.1. The Balaban J connectivity index is 1.26. The summed E-state index contributed by atoms with van der Waals surface area (Å²) in [6, 6.07) is 18.2. The first kappa shape index (κ1) is 21.5. The third kappa shape index (κ3) is 5.09. The zero-order chi connectivity index (χ0) is 22.5. The molecule has 0 aliphatic carbocycles. The van der Waals surface area contributed by atoms with Crippen LogP contribution in [-0.2, 0) is 13.1 Å². The number of fused-ring (bicyclic) bond motifs is 1. The summed E-state index contributed by atoms with van der Waals surface area (Å²) in [6.45, 7) is 0.778. The minimum Gasteiger partial charge on any atom is -0.386 e. The largest absolute Gasteiger partial charge is 0.386 e. The van der Waals surface area contributed by atoms with Gasteiger partial charge < -0.3 is 20.3 Å². The van der Waals surface area contributed by atoms with Crippen molar-refractivity contribution >= 4 is 17.1 Å². The van der Waals surface area contributed by atoms with Gasteiger partial charge in [0.2, 0.25) is 0 Å². The molecule has 6 nitrogen and oxygen atoms in total. The van der Waals surface area contributed by atoms with Gasteiger partial charge in [-0.3, -0.25) is 0 Å². The molecule has 0 bridgehead atoms. The van der Waals surface area contributed by atoms with Crippen molar-refractivity contribution in [2.24, 2.45) is 0 Å². The summed E-state index contributed by atoms with van der Waals surface area (Å²) in [5.74, 6) is -1.59. The number of hydrogen-bond acceptors (Lipinski definition) is 3. The molecule has 32 heavy (non-hydrogen) atoms. The molecule has 8 heteroatoms. The van der Waals surface area contributed by atoms with E-state index in [4.69, 9.17) is 0 Å². The van der Waals surface area contributed by atoms with Gasteiger partial charge in [0.05, 0.1) is 23.5 Å². The number of aliphatic hydroxyl groups is 1. The fourth-order valence-electron chi connectivity index (χ4n) is 3.41. The number of carbonyl (C=O) groups is 1. The Hall–Kier alpha value is -3.78. The molecule has 1 atom stereocenters. The van der Waals surface area contributed by atoms with Crippen molar-refractivity contribution in [1.29, 1.82) is 0 Å². The van der Waals surface area contributed by atoms with Crippen molar-refractivity contribution in [1.82, 2.24) is 20.2 Å². The number of halogens is 2. The number of carbonyl (C=O) groups excluding carboxylic acids is 1. The summed E-state index contributed by atoms with van der Waals surface area (Å²) < 4.78 is 28.7. The van der Waals surface area contributed by atoms with Gasteiger partial charge in [-0.25, -0.2) is 18.6 Å². The lowest BCUT2D eigenvalue weighted by Crippen LogP contribution is -2.37. The van der Waals surface area contributed by atoms with Crippen molar-refractivity contribution in [3.63, 3.8) is 0 Å². The van der Waals surface area contributed by atoms with Crippen LogP contribution in [0.1, 0.15) is 22.8 Å². The van der Waals surface area contributed by atoms with Gasteiger partial charge in [-0.15, -0.1) is 0 Å². The van der Waals surface area contributed by atoms with Crippen LogP contribution in [0.15, 0.2) is 73.1 Å². The molecule has 2 amide bonds. The molecule has 3 aromatic carbocycles. The minimum absolute atomic E-state index is 0.0760. The Bertz CT molecular complexity index is 1220. The third-order valence-electron chi connectivity index (χ3n) is 5.13. The van der Waals surface area contributed by atoms with Crippen molar-refractivity contribution in [2.45, 2.75) is 19.2 Å². The molecule has 0 radical (unpaired) electrons. The average molecular weight is 436 g/mol. The molecule has 0 fully saturated rings. The molecule has 4 aromatic rings. The van der Waals surface area contributed by atoms with Crippen molar-refractivity contribution in [2.75, 3.05) is 6.54 Å². The second-order valence-corrected chi connectivity index (χ2v) is 7.42. The van der Waals surface area contributed by atoms with Crippen LogP contribution in [-0.4, -0.2) is 27.2 Å². The molecule has 0 aliphatic rings. The van der Waals surface area contributed by atoms with E-state index in [0.717, 1.165) is 34.3 Å². The van der Waals surface area contributed by atoms with Gasteiger partial charge in [0.25, 0.3) is 0 Å². The standard InChI is InChI=1S/C24H22F2N4O2/c25-18-9-10-19(20(26)11-18)23(31)13-28-24(32)27-12-16-5-7-17(8-6-16)14-30-15-29-21-3-1-2-4-22(21)30/h1-11,15,23,31H,12-14H2,(H2,27,28,32). The van der Waals surface area contributed by atoms with Crippen LogP contribution < -0.4 is 10.6 Å². The van der Waals surface area contributed by atoms with Crippen molar-refractivity contribution < 1.29 is 18.7 Å². The van der Waals surface area contributed by atoms with Gasteiger partial charge in [-0.2, -0.15) is 0 Å². The van der Waals surface area contributed by atoms with Crippen LogP contribution in [0.25, 0.3) is 11.0 Å². The van der Waals surface area contributed by atoms with Gasteiger partial charge in [0, 0.05) is 31.3 Å². The maximum Gasteiger partial charge on any atom is 0.315 e. The molecule has 1 heterocycles. The Morgan fingerprint density at radius 1 is 1.00 bits per heavy atom.